The second kappa shape index (κ2) is 3.61. The zero-order valence-electron chi connectivity index (χ0n) is 9.12. The molecule has 3 heterocycles. The van der Waals surface area contributed by atoms with Crippen molar-refractivity contribution in [2.24, 2.45) is 0 Å². The summed E-state index contributed by atoms with van der Waals surface area (Å²) < 4.78 is 7.76. The maximum Gasteiger partial charge on any atom is 0.0810 e. The highest BCUT2D eigenvalue weighted by Crippen LogP contribution is 2.21. The van der Waals surface area contributed by atoms with Crippen LogP contribution < -0.4 is 5.32 Å². The van der Waals surface area contributed by atoms with Gasteiger partial charge < -0.3 is 10.1 Å². The van der Waals surface area contributed by atoms with Crippen molar-refractivity contribution in [1.82, 2.24) is 15.1 Å². The lowest BCUT2D eigenvalue weighted by Gasteiger charge is -2.11. The van der Waals surface area contributed by atoms with E-state index >= 15 is 0 Å². The van der Waals surface area contributed by atoms with E-state index in [4.69, 9.17) is 4.74 Å². The van der Waals surface area contributed by atoms with Crippen LogP contribution in [0.2, 0.25) is 0 Å². The summed E-state index contributed by atoms with van der Waals surface area (Å²) >= 11 is 0. The third kappa shape index (κ3) is 1.58. The summed E-state index contributed by atoms with van der Waals surface area (Å²) in [6, 6.07) is 0. The van der Waals surface area contributed by atoms with E-state index < -0.39 is 0 Å². The maximum atomic E-state index is 5.64. The van der Waals surface area contributed by atoms with Crippen LogP contribution in [-0.4, -0.2) is 22.5 Å². The van der Waals surface area contributed by atoms with Gasteiger partial charge in [-0.3, -0.25) is 4.68 Å². The van der Waals surface area contributed by atoms with Gasteiger partial charge in [-0.1, -0.05) is 0 Å². The molecule has 3 rings (SSSR count). The highest BCUT2D eigenvalue weighted by molar-refractivity contribution is 5.28. The first-order valence-electron chi connectivity index (χ1n) is 5.72. The van der Waals surface area contributed by atoms with Crippen molar-refractivity contribution in [3.8, 4) is 0 Å². The van der Waals surface area contributed by atoms with E-state index in [1.54, 1.807) is 0 Å². The molecule has 1 aromatic heterocycles. The molecule has 15 heavy (non-hydrogen) atoms. The molecule has 4 nitrogen and oxygen atoms in total. The molecule has 1 unspecified atom stereocenters. The second-order valence-corrected chi connectivity index (χ2v) is 4.43. The van der Waals surface area contributed by atoms with Gasteiger partial charge in [-0.2, -0.15) is 5.10 Å². The Bertz CT molecular complexity index is 366. The van der Waals surface area contributed by atoms with Crippen LogP contribution in [0.3, 0.4) is 0 Å². The van der Waals surface area contributed by atoms with E-state index in [1.807, 2.05) is 0 Å². The largest absolute Gasteiger partial charge is 0.376 e. The summed E-state index contributed by atoms with van der Waals surface area (Å²) in [6.45, 7) is 5.92. The third-order valence-electron chi connectivity index (χ3n) is 3.41. The van der Waals surface area contributed by atoms with Crippen molar-refractivity contribution in [2.75, 3.05) is 6.61 Å². The molecule has 2 aliphatic heterocycles. The second-order valence-electron chi connectivity index (χ2n) is 4.43. The zero-order valence-corrected chi connectivity index (χ0v) is 9.12. The quantitative estimate of drug-likeness (QED) is 0.785. The lowest BCUT2D eigenvalue weighted by Crippen LogP contribution is -2.18. The van der Waals surface area contributed by atoms with E-state index in [9.17, 15) is 0 Å². The number of ether oxygens (including phenoxy) is 1. The molecule has 82 valence electrons. The molecule has 0 saturated carbocycles. The summed E-state index contributed by atoms with van der Waals surface area (Å²) in [4.78, 5) is 0. The molecule has 1 aromatic rings. The van der Waals surface area contributed by atoms with Crippen molar-refractivity contribution in [2.45, 2.75) is 45.5 Å². The lowest BCUT2D eigenvalue weighted by molar-refractivity contribution is 0.0933. The highest BCUT2D eigenvalue weighted by atomic mass is 16.5. The van der Waals surface area contributed by atoms with Crippen LogP contribution in [0.4, 0.5) is 0 Å². The van der Waals surface area contributed by atoms with Crippen molar-refractivity contribution in [3.05, 3.63) is 17.0 Å². The first kappa shape index (κ1) is 9.36. The normalized spacial score (nSPS) is 24.7. The van der Waals surface area contributed by atoms with Crippen LogP contribution in [-0.2, 0) is 24.4 Å². The minimum absolute atomic E-state index is 0.386. The molecule has 0 radical (unpaired) electrons. The minimum atomic E-state index is 0.386. The summed E-state index contributed by atoms with van der Waals surface area (Å²) in [6.07, 6.45) is 2.77. The van der Waals surface area contributed by atoms with Crippen LogP contribution >= 0.6 is 0 Å². The molecular formula is C11H17N3O. The minimum Gasteiger partial charge on any atom is -0.376 e. The standard InChI is InChI=1S/C11H17N3O/c1-8-10-5-12-6-11(10)13-14(8)7-9-3-2-4-15-9/h9,12H,2-7H2,1H3. The Morgan fingerprint density at radius 1 is 1.53 bits per heavy atom. The van der Waals surface area contributed by atoms with E-state index in [0.717, 1.165) is 26.2 Å². The molecule has 1 atom stereocenters. The number of nitrogens with one attached hydrogen (secondary N) is 1. The van der Waals surface area contributed by atoms with Gasteiger partial charge >= 0.3 is 0 Å². The Hall–Kier alpha value is -0.870. The molecule has 0 aliphatic carbocycles. The topological polar surface area (TPSA) is 39.1 Å². The number of rotatable bonds is 2. The molecule has 1 N–H and O–H groups in total. The van der Waals surface area contributed by atoms with Gasteiger partial charge in [0.15, 0.2) is 0 Å². The molecule has 0 amide bonds. The number of hydrogen-bond donors (Lipinski definition) is 1. The average molecular weight is 207 g/mol. The van der Waals surface area contributed by atoms with Crippen LogP contribution in [0.1, 0.15) is 29.8 Å². The Balaban J connectivity index is 1.80. The predicted molar refractivity (Wildman–Crippen MR) is 56.5 cm³/mol. The fraction of sp³-hybridized carbons (Fsp3) is 0.727. The van der Waals surface area contributed by atoms with Crippen LogP contribution in [0.5, 0.6) is 0 Å². The molecule has 2 aliphatic rings. The van der Waals surface area contributed by atoms with Crippen molar-refractivity contribution in [1.29, 1.82) is 0 Å². The van der Waals surface area contributed by atoms with Crippen molar-refractivity contribution in [3.63, 3.8) is 0 Å². The van der Waals surface area contributed by atoms with E-state index in [0.29, 0.717) is 6.10 Å². The summed E-state index contributed by atoms with van der Waals surface area (Å²) in [7, 11) is 0. The first-order valence-corrected chi connectivity index (χ1v) is 5.72. The van der Waals surface area contributed by atoms with Crippen LogP contribution in [0.25, 0.3) is 0 Å². The molecule has 0 aromatic carbocycles. The lowest BCUT2D eigenvalue weighted by atomic mass is 10.2. The van der Waals surface area contributed by atoms with Crippen molar-refractivity contribution < 1.29 is 4.74 Å². The summed E-state index contributed by atoms with van der Waals surface area (Å²) in [5.41, 5.74) is 3.93. The smallest absolute Gasteiger partial charge is 0.0810 e. The summed E-state index contributed by atoms with van der Waals surface area (Å²) in [5.74, 6) is 0. The molecule has 0 bridgehead atoms. The fourth-order valence-corrected chi connectivity index (χ4v) is 2.48. The molecule has 0 spiro atoms. The zero-order chi connectivity index (χ0) is 10.3. The Kier molecular flexibility index (Phi) is 2.25. The van der Waals surface area contributed by atoms with E-state index in [2.05, 4.69) is 22.0 Å². The monoisotopic (exact) mass is 207 g/mol. The number of nitrogens with zero attached hydrogens (tertiary/aromatic N) is 2. The third-order valence-corrected chi connectivity index (χ3v) is 3.41. The Labute approximate surface area is 89.6 Å². The van der Waals surface area contributed by atoms with Crippen molar-refractivity contribution >= 4 is 0 Å². The molecule has 1 saturated heterocycles. The van der Waals surface area contributed by atoms with Gasteiger partial charge in [0.2, 0.25) is 0 Å². The molecule has 1 fully saturated rings. The maximum absolute atomic E-state index is 5.64. The van der Waals surface area contributed by atoms with E-state index in [1.165, 1.54) is 29.8 Å². The van der Waals surface area contributed by atoms with Gasteiger partial charge in [0, 0.05) is 31.0 Å². The van der Waals surface area contributed by atoms with E-state index in [-0.39, 0.29) is 0 Å². The molecule has 4 heteroatoms. The van der Waals surface area contributed by atoms with Gasteiger partial charge in [-0.25, -0.2) is 0 Å². The molecular weight excluding hydrogens is 190 g/mol. The Morgan fingerprint density at radius 3 is 3.20 bits per heavy atom. The van der Waals surface area contributed by atoms with Gasteiger partial charge in [0.1, 0.15) is 0 Å². The number of hydrogen-bond acceptors (Lipinski definition) is 3. The van der Waals surface area contributed by atoms with Gasteiger partial charge in [0.25, 0.3) is 0 Å². The SMILES string of the molecule is Cc1c2c(nn1CC1CCCO1)CNC2. The summed E-state index contributed by atoms with van der Waals surface area (Å²) in [5, 5.41) is 7.95. The highest BCUT2D eigenvalue weighted by Gasteiger charge is 2.22. The number of fused-ring (bicyclic) bond motifs is 1. The number of aromatic nitrogens is 2. The Morgan fingerprint density at radius 2 is 2.47 bits per heavy atom. The van der Waals surface area contributed by atoms with Gasteiger partial charge in [0.05, 0.1) is 18.3 Å². The fourth-order valence-electron chi connectivity index (χ4n) is 2.48. The van der Waals surface area contributed by atoms with Crippen LogP contribution in [0.15, 0.2) is 0 Å². The average Bonchev–Trinajstić information content (AvgIpc) is 2.89. The predicted octanol–water partition coefficient (Wildman–Crippen LogP) is 0.974. The van der Waals surface area contributed by atoms with Gasteiger partial charge in [-0.15, -0.1) is 0 Å². The van der Waals surface area contributed by atoms with Gasteiger partial charge in [-0.05, 0) is 19.8 Å². The van der Waals surface area contributed by atoms with Crippen LogP contribution in [0, 0.1) is 6.92 Å². The first-order chi connectivity index (χ1) is 7.34.